The Kier molecular flexibility index (Phi) is 3.17. The summed E-state index contributed by atoms with van der Waals surface area (Å²) in [6.07, 6.45) is 4.68. The standard InChI is InChI=1S/C10H12N4O3/c1-2-3-4-11-10-7-5-13-17-9(7)8(6-12-10)14(15)16/h5-6H,2-4H2,1H3,(H,11,12). The van der Waals surface area contributed by atoms with E-state index in [2.05, 4.69) is 22.4 Å². The first-order chi connectivity index (χ1) is 8.24. The van der Waals surface area contributed by atoms with Gasteiger partial charge in [0, 0.05) is 6.54 Å². The molecule has 0 saturated carbocycles. The van der Waals surface area contributed by atoms with Crippen LogP contribution in [0.4, 0.5) is 11.5 Å². The van der Waals surface area contributed by atoms with Crippen molar-refractivity contribution in [3.05, 3.63) is 22.5 Å². The van der Waals surface area contributed by atoms with Crippen molar-refractivity contribution in [1.82, 2.24) is 10.1 Å². The lowest BCUT2D eigenvalue weighted by atomic mass is 10.3. The fraction of sp³-hybridized carbons (Fsp3) is 0.400. The normalized spacial score (nSPS) is 10.6. The second-order valence-corrected chi connectivity index (χ2v) is 3.60. The van der Waals surface area contributed by atoms with Crippen LogP contribution in [0.15, 0.2) is 16.9 Å². The van der Waals surface area contributed by atoms with Gasteiger partial charge in [0.05, 0.1) is 16.5 Å². The minimum Gasteiger partial charge on any atom is -0.369 e. The summed E-state index contributed by atoms with van der Waals surface area (Å²) in [5, 5.41) is 18.0. The van der Waals surface area contributed by atoms with Gasteiger partial charge in [-0.15, -0.1) is 0 Å². The van der Waals surface area contributed by atoms with Crippen molar-refractivity contribution >= 4 is 22.5 Å². The highest BCUT2D eigenvalue weighted by molar-refractivity contribution is 5.92. The van der Waals surface area contributed by atoms with Crippen LogP contribution in [0.25, 0.3) is 11.0 Å². The molecular formula is C10H12N4O3. The average molecular weight is 236 g/mol. The summed E-state index contributed by atoms with van der Waals surface area (Å²) in [5.74, 6) is 0.570. The summed E-state index contributed by atoms with van der Waals surface area (Å²) in [7, 11) is 0. The maximum atomic E-state index is 10.7. The van der Waals surface area contributed by atoms with Crippen LogP contribution in [-0.2, 0) is 0 Å². The van der Waals surface area contributed by atoms with E-state index in [0.717, 1.165) is 19.4 Å². The smallest absolute Gasteiger partial charge is 0.333 e. The molecule has 0 aliphatic carbocycles. The van der Waals surface area contributed by atoms with Gasteiger partial charge in [0.2, 0.25) is 5.58 Å². The molecule has 0 saturated heterocycles. The zero-order valence-corrected chi connectivity index (χ0v) is 9.34. The quantitative estimate of drug-likeness (QED) is 0.486. The van der Waals surface area contributed by atoms with E-state index in [9.17, 15) is 10.1 Å². The number of pyridine rings is 1. The molecule has 0 aliphatic rings. The van der Waals surface area contributed by atoms with Gasteiger partial charge in [-0.05, 0) is 6.42 Å². The summed E-state index contributed by atoms with van der Waals surface area (Å²) in [4.78, 5) is 14.2. The molecule has 0 spiro atoms. The van der Waals surface area contributed by atoms with E-state index in [4.69, 9.17) is 4.52 Å². The van der Waals surface area contributed by atoms with Gasteiger partial charge in [-0.25, -0.2) is 4.98 Å². The first-order valence-corrected chi connectivity index (χ1v) is 5.35. The SMILES string of the molecule is CCCCNc1ncc([N+](=O)[O-])c2oncc12. The second-order valence-electron chi connectivity index (χ2n) is 3.60. The molecule has 2 aromatic rings. The number of nitrogens with zero attached hydrogens (tertiary/aromatic N) is 3. The van der Waals surface area contributed by atoms with E-state index in [0.29, 0.717) is 11.2 Å². The molecule has 0 atom stereocenters. The Labute approximate surface area is 97.0 Å². The predicted octanol–water partition coefficient (Wildman–Crippen LogP) is 2.34. The predicted molar refractivity (Wildman–Crippen MR) is 61.9 cm³/mol. The van der Waals surface area contributed by atoms with Crippen molar-refractivity contribution in [2.24, 2.45) is 0 Å². The second kappa shape index (κ2) is 4.77. The third-order valence-electron chi connectivity index (χ3n) is 2.39. The van der Waals surface area contributed by atoms with Crippen LogP contribution < -0.4 is 5.32 Å². The van der Waals surface area contributed by atoms with E-state index in [1.165, 1.54) is 12.4 Å². The number of hydrogen-bond acceptors (Lipinski definition) is 6. The van der Waals surface area contributed by atoms with Crippen LogP contribution in [-0.4, -0.2) is 21.6 Å². The van der Waals surface area contributed by atoms with Crippen molar-refractivity contribution in [3.63, 3.8) is 0 Å². The van der Waals surface area contributed by atoms with Crippen molar-refractivity contribution in [2.75, 3.05) is 11.9 Å². The lowest BCUT2D eigenvalue weighted by Crippen LogP contribution is -2.03. The summed E-state index contributed by atoms with van der Waals surface area (Å²) in [6.45, 7) is 2.85. The summed E-state index contributed by atoms with van der Waals surface area (Å²) >= 11 is 0. The van der Waals surface area contributed by atoms with Crippen molar-refractivity contribution in [1.29, 1.82) is 0 Å². The minimum atomic E-state index is -0.531. The number of rotatable bonds is 5. The van der Waals surface area contributed by atoms with Gasteiger partial charge in [0.1, 0.15) is 12.0 Å². The number of nitro groups is 1. The summed E-state index contributed by atoms with van der Waals surface area (Å²) < 4.78 is 4.89. The van der Waals surface area contributed by atoms with Crippen LogP contribution in [0.5, 0.6) is 0 Å². The van der Waals surface area contributed by atoms with Crippen LogP contribution >= 0.6 is 0 Å². The molecule has 2 rings (SSSR count). The fourth-order valence-corrected chi connectivity index (χ4v) is 1.50. The Bertz CT molecular complexity index is 537. The molecule has 0 amide bonds. The topological polar surface area (TPSA) is 94.1 Å². The first kappa shape index (κ1) is 11.3. The van der Waals surface area contributed by atoms with Gasteiger partial charge in [-0.1, -0.05) is 18.5 Å². The van der Waals surface area contributed by atoms with Crippen LogP contribution in [0, 0.1) is 10.1 Å². The number of nitrogens with one attached hydrogen (secondary N) is 1. The van der Waals surface area contributed by atoms with Crippen molar-refractivity contribution < 1.29 is 9.45 Å². The molecule has 0 radical (unpaired) electrons. The Morgan fingerprint density at radius 1 is 1.53 bits per heavy atom. The molecule has 0 unspecified atom stereocenters. The molecule has 0 bridgehead atoms. The first-order valence-electron chi connectivity index (χ1n) is 5.35. The molecule has 17 heavy (non-hydrogen) atoms. The average Bonchev–Trinajstić information content (AvgIpc) is 2.78. The molecule has 90 valence electrons. The minimum absolute atomic E-state index is 0.156. The van der Waals surface area contributed by atoms with Gasteiger partial charge < -0.3 is 9.84 Å². The summed E-state index contributed by atoms with van der Waals surface area (Å²) in [6, 6.07) is 0. The highest BCUT2D eigenvalue weighted by atomic mass is 16.6. The van der Waals surface area contributed by atoms with Gasteiger partial charge in [0.25, 0.3) is 0 Å². The van der Waals surface area contributed by atoms with E-state index in [1.807, 2.05) is 0 Å². The molecule has 7 nitrogen and oxygen atoms in total. The lowest BCUT2D eigenvalue weighted by molar-refractivity contribution is -0.384. The zero-order chi connectivity index (χ0) is 12.3. The molecule has 7 heteroatoms. The monoisotopic (exact) mass is 236 g/mol. The highest BCUT2D eigenvalue weighted by Gasteiger charge is 2.19. The molecule has 0 aromatic carbocycles. The van der Waals surface area contributed by atoms with Gasteiger partial charge in [-0.2, -0.15) is 0 Å². The molecule has 0 aliphatic heterocycles. The molecule has 2 heterocycles. The number of fused-ring (bicyclic) bond motifs is 1. The van der Waals surface area contributed by atoms with E-state index in [-0.39, 0.29) is 11.3 Å². The third-order valence-corrected chi connectivity index (χ3v) is 2.39. The van der Waals surface area contributed by atoms with E-state index in [1.54, 1.807) is 0 Å². The maximum Gasteiger partial charge on any atom is 0.333 e. The van der Waals surface area contributed by atoms with Crippen LogP contribution in [0.1, 0.15) is 19.8 Å². The number of anilines is 1. The van der Waals surface area contributed by atoms with Gasteiger partial charge in [0.15, 0.2) is 0 Å². The van der Waals surface area contributed by atoms with Crippen LogP contribution in [0.3, 0.4) is 0 Å². The lowest BCUT2D eigenvalue weighted by Gasteiger charge is -2.04. The Balaban J connectivity index is 2.36. The van der Waals surface area contributed by atoms with E-state index >= 15 is 0 Å². The molecule has 0 fully saturated rings. The Hall–Kier alpha value is -2.18. The van der Waals surface area contributed by atoms with E-state index < -0.39 is 4.92 Å². The fourth-order valence-electron chi connectivity index (χ4n) is 1.50. The third kappa shape index (κ3) is 2.17. The van der Waals surface area contributed by atoms with Crippen molar-refractivity contribution in [3.8, 4) is 0 Å². The van der Waals surface area contributed by atoms with Gasteiger partial charge >= 0.3 is 5.69 Å². The zero-order valence-electron chi connectivity index (χ0n) is 9.34. The molecule has 2 aromatic heterocycles. The Morgan fingerprint density at radius 3 is 3.06 bits per heavy atom. The highest BCUT2D eigenvalue weighted by Crippen LogP contribution is 2.28. The maximum absolute atomic E-state index is 10.7. The summed E-state index contributed by atoms with van der Waals surface area (Å²) in [5.41, 5.74) is -0.0115. The van der Waals surface area contributed by atoms with Crippen LogP contribution in [0.2, 0.25) is 0 Å². The van der Waals surface area contributed by atoms with Gasteiger partial charge in [-0.3, -0.25) is 10.1 Å². The molecule has 1 N–H and O–H groups in total. The number of unbranched alkanes of at least 4 members (excludes halogenated alkanes) is 1. The molecular weight excluding hydrogens is 224 g/mol. The number of hydrogen-bond donors (Lipinski definition) is 1. The van der Waals surface area contributed by atoms with Crippen molar-refractivity contribution in [2.45, 2.75) is 19.8 Å². The Morgan fingerprint density at radius 2 is 2.35 bits per heavy atom. The number of aromatic nitrogens is 2. The largest absolute Gasteiger partial charge is 0.369 e.